The fourth-order valence-corrected chi connectivity index (χ4v) is 2.41. The summed E-state index contributed by atoms with van der Waals surface area (Å²) in [5.41, 5.74) is 5.56. The van der Waals surface area contributed by atoms with E-state index in [1.165, 1.54) is 12.7 Å². The van der Waals surface area contributed by atoms with Crippen molar-refractivity contribution in [3.8, 4) is 11.3 Å². The normalized spacial score (nSPS) is 10.8. The Morgan fingerprint density at radius 2 is 2.00 bits per heavy atom. The number of fused-ring (bicyclic) bond motifs is 1. The summed E-state index contributed by atoms with van der Waals surface area (Å²) in [6.07, 6.45) is 3.99. The summed E-state index contributed by atoms with van der Waals surface area (Å²) >= 11 is 0. The molecule has 0 bridgehead atoms. The van der Waals surface area contributed by atoms with E-state index in [0.29, 0.717) is 5.56 Å². The number of methoxy groups -OCH3 is 1. The monoisotopic (exact) mass is 280 g/mol. The number of rotatable bonds is 2. The zero-order chi connectivity index (χ0) is 15.0. The predicted octanol–water partition coefficient (Wildman–Crippen LogP) is 3.40. The van der Waals surface area contributed by atoms with Gasteiger partial charge < -0.3 is 9.14 Å². The second kappa shape index (κ2) is 5.05. The highest BCUT2D eigenvalue weighted by Gasteiger charge is 2.11. The van der Waals surface area contributed by atoms with E-state index in [2.05, 4.69) is 4.98 Å². The summed E-state index contributed by atoms with van der Waals surface area (Å²) in [7, 11) is 1.38. The Labute approximate surface area is 123 Å². The summed E-state index contributed by atoms with van der Waals surface area (Å²) in [6, 6.07) is 9.60. The van der Waals surface area contributed by atoms with E-state index in [0.717, 1.165) is 22.5 Å². The molecule has 0 spiro atoms. The molecule has 21 heavy (non-hydrogen) atoms. The number of pyridine rings is 1. The van der Waals surface area contributed by atoms with E-state index in [-0.39, 0.29) is 5.97 Å². The maximum atomic E-state index is 11.5. The van der Waals surface area contributed by atoms with Crippen LogP contribution in [0.3, 0.4) is 0 Å². The molecule has 0 atom stereocenters. The number of carbonyl (C=O) groups is 1. The molecule has 2 aromatic heterocycles. The first-order valence-electron chi connectivity index (χ1n) is 6.73. The van der Waals surface area contributed by atoms with Gasteiger partial charge in [0.25, 0.3) is 0 Å². The van der Waals surface area contributed by atoms with Crippen molar-refractivity contribution in [1.82, 2.24) is 9.38 Å². The van der Waals surface area contributed by atoms with Gasteiger partial charge in [0.05, 0.1) is 18.4 Å². The molecular formula is C17H16N2O2. The van der Waals surface area contributed by atoms with E-state index in [9.17, 15) is 4.79 Å². The van der Waals surface area contributed by atoms with Crippen LogP contribution in [0.1, 0.15) is 21.5 Å². The molecule has 3 rings (SSSR count). The standard InChI is InChI=1S/C17H16N2O2/c1-11-6-7-19-10-15(18-16(19)8-11)14-5-4-13(9-12(14)2)17(20)21-3/h4-10H,1-3H3. The summed E-state index contributed by atoms with van der Waals surface area (Å²) in [5, 5.41) is 0. The van der Waals surface area contributed by atoms with Crippen molar-refractivity contribution >= 4 is 11.6 Å². The Hall–Kier alpha value is -2.62. The lowest BCUT2D eigenvalue weighted by Crippen LogP contribution is -2.01. The molecule has 0 N–H and O–H groups in total. The molecule has 0 saturated carbocycles. The van der Waals surface area contributed by atoms with Crippen LogP contribution in [0.15, 0.2) is 42.7 Å². The number of nitrogens with zero attached hydrogens (tertiary/aromatic N) is 2. The number of aryl methyl sites for hydroxylation is 2. The largest absolute Gasteiger partial charge is 0.465 e. The molecule has 0 unspecified atom stereocenters. The minimum Gasteiger partial charge on any atom is -0.465 e. The SMILES string of the molecule is COC(=O)c1ccc(-c2cn3ccc(C)cc3n2)c(C)c1. The zero-order valence-corrected chi connectivity index (χ0v) is 12.3. The van der Waals surface area contributed by atoms with E-state index in [4.69, 9.17) is 4.74 Å². The van der Waals surface area contributed by atoms with Crippen LogP contribution in [-0.4, -0.2) is 22.5 Å². The summed E-state index contributed by atoms with van der Waals surface area (Å²) in [6.45, 7) is 4.02. The Morgan fingerprint density at radius 1 is 1.19 bits per heavy atom. The molecular weight excluding hydrogens is 264 g/mol. The number of imidazole rings is 1. The number of benzene rings is 1. The molecule has 0 amide bonds. The van der Waals surface area contributed by atoms with Crippen LogP contribution in [0.25, 0.3) is 16.9 Å². The van der Waals surface area contributed by atoms with Gasteiger partial charge in [-0.05, 0) is 49.2 Å². The van der Waals surface area contributed by atoms with Crippen molar-refractivity contribution in [3.63, 3.8) is 0 Å². The average Bonchev–Trinajstić information content (AvgIpc) is 2.88. The highest BCUT2D eigenvalue weighted by molar-refractivity contribution is 5.90. The van der Waals surface area contributed by atoms with Crippen molar-refractivity contribution in [2.75, 3.05) is 7.11 Å². The van der Waals surface area contributed by atoms with E-state index >= 15 is 0 Å². The number of hydrogen-bond donors (Lipinski definition) is 0. The Morgan fingerprint density at radius 3 is 2.71 bits per heavy atom. The molecule has 3 aromatic rings. The van der Waals surface area contributed by atoms with Gasteiger partial charge in [-0.25, -0.2) is 9.78 Å². The molecule has 0 fully saturated rings. The van der Waals surface area contributed by atoms with Gasteiger partial charge in [-0.2, -0.15) is 0 Å². The molecule has 0 aliphatic carbocycles. The summed E-state index contributed by atoms with van der Waals surface area (Å²) < 4.78 is 6.74. The smallest absolute Gasteiger partial charge is 0.337 e. The van der Waals surface area contributed by atoms with E-state index in [1.54, 1.807) is 6.07 Å². The van der Waals surface area contributed by atoms with Crippen LogP contribution in [0.2, 0.25) is 0 Å². The molecule has 2 heterocycles. The minimum absolute atomic E-state index is 0.324. The zero-order valence-electron chi connectivity index (χ0n) is 12.3. The fourth-order valence-electron chi connectivity index (χ4n) is 2.41. The van der Waals surface area contributed by atoms with Crippen molar-refractivity contribution in [2.24, 2.45) is 0 Å². The molecule has 0 aliphatic rings. The third-order valence-corrected chi connectivity index (χ3v) is 3.54. The predicted molar refractivity (Wildman–Crippen MR) is 81.4 cm³/mol. The number of ether oxygens (including phenoxy) is 1. The van der Waals surface area contributed by atoms with Gasteiger partial charge in [-0.15, -0.1) is 0 Å². The van der Waals surface area contributed by atoms with Crippen LogP contribution < -0.4 is 0 Å². The second-order valence-electron chi connectivity index (χ2n) is 5.12. The van der Waals surface area contributed by atoms with Crippen LogP contribution >= 0.6 is 0 Å². The lowest BCUT2D eigenvalue weighted by Gasteiger charge is -2.05. The Bertz CT molecular complexity index is 834. The number of hydrogen-bond acceptors (Lipinski definition) is 3. The third kappa shape index (κ3) is 2.40. The summed E-state index contributed by atoms with van der Waals surface area (Å²) in [4.78, 5) is 16.2. The molecule has 4 heteroatoms. The lowest BCUT2D eigenvalue weighted by atomic mass is 10.0. The van der Waals surface area contributed by atoms with Crippen LogP contribution in [-0.2, 0) is 4.74 Å². The second-order valence-corrected chi connectivity index (χ2v) is 5.12. The van der Waals surface area contributed by atoms with Crippen molar-refractivity contribution in [3.05, 3.63) is 59.4 Å². The molecule has 0 radical (unpaired) electrons. The van der Waals surface area contributed by atoms with Gasteiger partial charge in [0.1, 0.15) is 5.65 Å². The van der Waals surface area contributed by atoms with Crippen molar-refractivity contribution in [2.45, 2.75) is 13.8 Å². The quantitative estimate of drug-likeness (QED) is 0.676. The van der Waals surface area contributed by atoms with Gasteiger partial charge >= 0.3 is 5.97 Å². The maximum Gasteiger partial charge on any atom is 0.337 e. The Balaban J connectivity index is 2.08. The first kappa shape index (κ1) is 13.4. The molecule has 4 nitrogen and oxygen atoms in total. The third-order valence-electron chi connectivity index (χ3n) is 3.54. The summed E-state index contributed by atoms with van der Waals surface area (Å²) in [5.74, 6) is -0.324. The first-order chi connectivity index (χ1) is 10.1. The number of carbonyl (C=O) groups excluding carboxylic acids is 1. The number of esters is 1. The van der Waals surface area contributed by atoms with Crippen molar-refractivity contribution in [1.29, 1.82) is 0 Å². The Kier molecular flexibility index (Phi) is 3.22. The van der Waals surface area contributed by atoms with Gasteiger partial charge in [-0.1, -0.05) is 6.07 Å². The molecule has 0 saturated heterocycles. The minimum atomic E-state index is -0.324. The average molecular weight is 280 g/mol. The highest BCUT2D eigenvalue weighted by Crippen LogP contribution is 2.24. The molecule has 0 aliphatic heterocycles. The van der Waals surface area contributed by atoms with Gasteiger partial charge in [0, 0.05) is 18.0 Å². The lowest BCUT2D eigenvalue weighted by molar-refractivity contribution is 0.0600. The van der Waals surface area contributed by atoms with E-state index < -0.39 is 0 Å². The highest BCUT2D eigenvalue weighted by atomic mass is 16.5. The van der Waals surface area contributed by atoms with Gasteiger partial charge in [-0.3, -0.25) is 0 Å². The first-order valence-corrected chi connectivity index (χ1v) is 6.73. The van der Waals surface area contributed by atoms with E-state index in [1.807, 2.05) is 54.9 Å². The van der Waals surface area contributed by atoms with Gasteiger partial charge in [0.15, 0.2) is 0 Å². The number of aromatic nitrogens is 2. The molecule has 1 aromatic carbocycles. The van der Waals surface area contributed by atoms with Crippen LogP contribution in [0, 0.1) is 13.8 Å². The van der Waals surface area contributed by atoms with Gasteiger partial charge in [0.2, 0.25) is 0 Å². The van der Waals surface area contributed by atoms with Crippen molar-refractivity contribution < 1.29 is 9.53 Å². The fraction of sp³-hybridized carbons (Fsp3) is 0.176. The van der Waals surface area contributed by atoms with Crippen LogP contribution in [0.5, 0.6) is 0 Å². The molecule has 106 valence electrons. The van der Waals surface area contributed by atoms with Crippen LogP contribution in [0.4, 0.5) is 0 Å². The topological polar surface area (TPSA) is 43.6 Å². The maximum absolute atomic E-state index is 11.5.